The zero-order chi connectivity index (χ0) is 19.4. The Morgan fingerprint density at radius 2 is 1.70 bits per heavy atom. The van der Waals surface area contributed by atoms with E-state index < -0.39 is 0 Å². The quantitative estimate of drug-likeness (QED) is 0.415. The van der Waals surface area contributed by atoms with Crippen molar-refractivity contribution in [3.63, 3.8) is 0 Å². The minimum atomic E-state index is -0.0805. The van der Waals surface area contributed by atoms with Gasteiger partial charge in [0.15, 0.2) is 0 Å². The van der Waals surface area contributed by atoms with Crippen molar-refractivity contribution in [1.29, 1.82) is 0 Å². The van der Waals surface area contributed by atoms with Crippen LogP contribution in [-0.2, 0) is 0 Å². The highest BCUT2D eigenvalue weighted by molar-refractivity contribution is 7.13. The predicted molar refractivity (Wildman–Crippen MR) is 131 cm³/mol. The van der Waals surface area contributed by atoms with Crippen LogP contribution in [-0.4, -0.2) is 43.1 Å². The molecular weight excluding hydrogens is 439 g/mol. The van der Waals surface area contributed by atoms with Gasteiger partial charge >= 0.3 is 0 Å². The minimum absolute atomic E-state index is 0. The molecule has 5 nitrogen and oxygen atoms in total. The van der Waals surface area contributed by atoms with Crippen molar-refractivity contribution in [2.45, 2.75) is 51.0 Å². The first kappa shape index (κ1) is 26.9. The lowest BCUT2D eigenvalue weighted by Gasteiger charge is -2.22. The topological polar surface area (TPSA) is 66.1 Å². The molecule has 0 radical (unpaired) electrons. The monoisotopic (exact) mass is 472 g/mol. The van der Waals surface area contributed by atoms with Crippen LogP contribution < -0.4 is 16.0 Å². The Balaban J connectivity index is 0.00000225. The number of unbranched alkanes of at least 4 members (excludes halogenated alkanes) is 1. The van der Waals surface area contributed by atoms with Crippen LogP contribution in [0.2, 0.25) is 0 Å². The van der Waals surface area contributed by atoms with E-state index in [-0.39, 0.29) is 30.7 Å². The largest absolute Gasteiger partial charge is 0.351 e. The molecule has 0 aliphatic heterocycles. The highest BCUT2D eigenvalue weighted by atomic mass is 35.5. The number of benzene rings is 1. The van der Waals surface area contributed by atoms with E-state index in [2.05, 4.69) is 20.9 Å². The van der Waals surface area contributed by atoms with Gasteiger partial charge in [0.25, 0.3) is 5.91 Å². The lowest BCUT2D eigenvalue weighted by atomic mass is 9.95. The third kappa shape index (κ3) is 9.31. The Bertz CT molecular complexity index is 708. The second-order valence-electron chi connectivity index (χ2n) is 7.41. The molecule has 0 atom stereocenters. The second kappa shape index (κ2) is 15.6. The first-order valence-electron chi connectivity index (χ1n) is 10.6. The Kier molecular flexibility index (Phi) is 14.0. The highest BCUT2D eigenvalue weighted by Crippen LogP contribution is 2.23. The molecule has 2 aromatic rings. The summed E-state index contributed by atoms with van der Waals surface area (Å²) in [5.74, 6) is -0.0805. The first-order valence-corrected chi connectivity index (χ1v) is 11.4. The molecule has 0 unspecified atom stereocenters. The number of halogens is 2. The van der Waals surface area contributed by atoms with Gasteiger partial charge in [0.2, 0.25) is 0 Å². The third-order valence-corrected chi connectivity index (χ3v) is 6.05. The number of nitrogens with one attached hydrogen (secondary N) is 3. The van der Waals surface area contributed by atoms with E-state index in [1.807, 2.05) is 35.7 Å². The summed E-state index contributed by atoms with van der Waals surface area (Å²) in [6.07, 6.45) is 8.89. The molecule has 1 fully saturated rings. The number of aromatic nitrogens is 1. The van der Waals surface area contributed by atoms with Crippen molar-refractivity contribution in [2.24, 2.45) is 0 Å². The van der Waals surface area contributed by atoms with E-state index in [0.717, 1.165) is 49.1 Å². The van der Waals surface area contributed by atoms with Gasteiger partial charge in [0.05, 0.1) is 0 Å². The Morgan fingerprint density at radius 1 is 0.967 bits per heavy atom. The van der Waals surface area contributed by atoms with Crippen LogP contribution in [0.1, 0.15) is 55.4 Å². The predicted octanol–water partition coefficient (Wildman–Crippen LogP) is 4.68. The van der Waals surface area contributed by atoms with Gasteiger partial charge in [-0.1, -0.05) is 49.6 Å². The van der Waals surface area contributed by atoms with Crippen molar-refractivity contribution in [3.8, 4) is 10.6 Å². The number of amides is 1. The van der Waals surface area contributed by atoms with Gasteiger partial charge in [-0.15, -0.1) is 36.2 Å². The van der Waals surface area contributed by atoms with E-state index >= 15 is 0 Å². The van der Waals surface area contributed by atoms with Gasteiger partial charge in [0, 0.05) is 36.6 Å². The summed E-state index contributed by atoms with van der Waals surface area (Å²) in [5, 5.41) is 12.8. The van der Waals surface area contributed by atoms with Gasteiger partial charge in [-0.05, 0) is 32.2 Å². The molecule has 8 heteroatoms. The highest BCUT2D eigenvalue weighted by Gasteiger charge is 2.12. The normalized spacial score (nSPS) is 13.9. The van der Waals surface area contributed by atoms with Crippen molar-refractivity contribution in [2.75, 3.05) is 26.2 Å². The number of nitrogens with zero attached hydrogens (tertiary/aromatic N) is 1. The fourth-order valence-electron chi connectivity index (χ4n) is 3.56. The molecule has 1 heterocycles. The van der Waals surface area contributed by atoms with Crippen molar-refractivity contribution in [3.05, 3.63) is 41.4 Å². The maximum Gasteiger partial charge on any atom is 0.270 e. The van der Waals surface area contributed by atoms with Crippen LogP contribution in [0.15, 0.2) is 35.7 Å². The zero-order valence-corrected chi connectivity index (χ0v) is 19.8. The van der Waals surface area contributed by atoms with Gasteiger partial charge in [-0.3, -0.25) is 4.79 Å². The van der Waals surface area contributed by atoms with Crippen LogP contribution >= 0.6 is 36.2 Å². The number of hydrogen-bond donors (Lipinski definition) is 3. The summed E-state index contributed by atoms with van der Waals surface area (Å²) in [5.41, 5.74) is 1.56. The average molecular weight is 474 g/mol. The van der Waals surface area contributed by atoms with Crippen LogP contribution in [0.5, 0.6) is 0 Å². The molecule has 3 rings (SSSR count). The average Bonchev–Trinajstić information content (AvgIpc) is 3.24. The maximum absolute atomic E-state index is 12.2. The SMILES string of the molecule is Cl.Cl.O=C(NCCCCNCCNC1CCCCC1)c1csc(-c2ccccc2)n1. The number of carbonyl (C=O) groups is 1. The summed E-state index contributed by atoms with van der Waals surface area (Å²) < 4.78 is 0. The number of rotatable bonds is 11. The Morgan fingerprint density at radius 3 is 2.47 bits per heavy atom. The molecule has 0 saturated heterocycles. The summed E-state index contributed by atoms with van der Waals surface area (Å²) in [6.45, 7) is 3.76. The van der Waals surface area contributed by atoms with Gasteiger partial charge in [-0.25, -0.2) is 4.98 Å². The lowest BCUT2D eigenvalue weighted by Crippen LogP contribution is -2.36. The standard InChI is InChI=1S/C22H32N4OS.2ClH/c27-21(20-17-28-22(26-20)18-9-3-1-4-10-18)25-14-8-7-13-23-15-16-24-19-11-5-2-6-12-19;;/h1,3-4,9-10,17,19,23-24H,2,5-8,11-16H2,(H,25,27);2*1H. The van der Waals surface area contributed by atoms with Crippen LogP contribution in [0.25, 0.3) is 10.6 Å². The molecule has 1 aromatic carbocycles. The second-order valence-corrected chi connectivity index (χ2v) is 8.26. The van der Waals surface area contributed by atoms with E-state index in [1.165, 1.54) is 43.4 Å². The number of hydrogen-bond acceptors (Lipinski definition) is 5. The number of carbonyl (C=O) groups excluding carboxylic acids is 1. The van der Waals surface area contributed by atoms with Gasteiger partial charge in [-0.2, -0.15) is 0 Å². The molecule has 1 amide bonds. The molecule has 1 saturated carbocycles. The molecule has 1 aromatic heterocycles. The van der Waals surface area contributed by atoms with E-state index in [0.29, 0.717) is 12.2 Å². The molecule has 3 N–H and O–H groups in total. The van der Waals surface area contributed by atoms with Crippen LogP contribution in [0.3, 0.4) is 0 Å². The summed E-state index contributed by atoms with van der Waals surface area (Å²) in [6, 6.07) is 10.7. The minimum Gasteiger partial charge on any atom is -0.351 e. The molecular formula is C22H34Cl2N4OS. The van der Waals surface area contributed by atoms with E-state index in [1.54, 1.807) is 0 Å². The summed E-state index contributed by atoms with van der Waals surface area (Å²) >= 11 is 1.51. The number of thiazole rings is 1. The first-order chi connectivity index (χ1) is 13.8. The third-order valence-electron chi connectivity index (χ3n) is 5.16. The maximum atomic E-state index is 12.2. The fraction of sp³-hybridized carbons (Fsp3) is 0.545. The molecule has 1 aliphatic carbocycles. The van der Waals surface area contributed by atoms with Gasteiger partial charge in [0.1, 0.15) is 10.7 Å². The fourth-order valence-corrected chi connectivity index (χ4v) is 4.36. The van der Waals surface area contributed by atoms with Crippen molar-refractivity contribution in [1.82, 2.24) is 20.9 Å². The molecule has 0 bridgehead atoms. The van der Waals surface area contributed by atoms with E-state index in [4.69, 9.17) is 0 Å². The summed E-state index contributed by atoms with van der Waals surface area (Å²) in [7, 11) is 0. The zero-order valence-electron chi connectivity index (χ0n) is 17.4. The molecule has 30 heavy (non-hydrogen) atoms. The lowest BCUT2D eigenvalue weighted by molar-refractivity contribution is 0.0949. The Hall–Kier alpha value is -1.18. The van der Waals surface area contributed by atoms with E-state index in [9.17, 15) is 4.79 Å². The van der Waals surface area contributed by atoms with Crippen molar-refractivity contribution >= 4 is 42.1 Å². The smallest absolute Gasteiger partial charge is 0.270 e. The molecule has 1 aliphatic rings. The summed E-state index contributed by atoms with van der Waals surface area (Å²) in [4.78, 5) is 16.7. The molecule has 0 spiro atoms. The molecule has 168 valence electrons. The Labute approximate surface area is 196 Å². The van der Waals surface area contributed by atoms with Crippen LogP contribution in [0.4, 0.5) is 0 Å². The van der Waals surface area contributed by atoms with Crippen LogP contribution in [0, 0.1) is 0 Å². The van der Waals surface area contributed by atoms with Gasteiger partial charge < -0.3 is 16.0 Å². The van der Waals surface area contributed by atoms with Crippen molar-refractivity contribution < 1.29 is 4.79 Å².